The fourth-order valence-corrected chi connectivity index (χ4v) is 2.46. The monoisotopic (exact) mass is 434 g/mol. The molecule has 0 heterocycles. The van der Waals surface area contributed by atoms with Crippen LogP contribution in [0.5, 0.6) is 0 Å². The summed E-state index contributed by atoms with van der Waals surface area (Å²) in [4.78, 5) is 59.4. The molecule has 0 aromatic heterocycles. The topological polar surface area (TPSA) is 188 Å². The Morgan fingerprint density at radius 3 is 1.69 bits per heavy atom. The lowest BCUT2D eigenvalue weighted by atomic mass is 10.0. The van der Waals surface area contributed by atoms with Crippen LogP contribution in [-0.4, -0.2) is 69.8 Å². The third-order valence-electron chi connectivity index (χ3n) is 4.02. The molecule has 0 fully saturated rings. The van der Waals surface area contributed by atoms with Crippen molar-refractivity contribution in [3.63, 3.8) is 0 Å². The maximum absolute atomic E-state index is 12.6. The van der Waals surface area contributed by atoms with E-state index in [-0.39, 0.29) is 5.75 Å². The molecule has 4 atom stereocenters. The lowest BCUT2D eigenvalue weighted by Crippen LogP contribution is -2.59. The van der Waals surface area contributed by atoms with Crippen LogP contribution in [0.15, 0.2) is 0 Å². The van der Waals surface area contributed by atoms with Gasteiger partial charge in [0.1, 0.15) is 18.1 Å². The minimum Gasteiger partial charge on any atom is -0.481 e. The largest absolute Gasteiger partial charge is 0.481 e. The zero-order valence-corrected chi connectivity index (χ0v) is 17.7. The molecule has 0 saturated carbocycles. The van der Waals surface area contributed by atoms with Crippen LogP contribution in [0.1, 0.15) is 34.1 Å². The van der Waals surface area contributed by atoms with Crippen LogP contribution < -0.4 is 21.7 Å². The van der Waals surface area contributed by atoms with Gasteiger partial charge in [-0.05, 0) is 11.8 Å². The Morgan fingerprint density at radius 2 is 1.31 bits per heavy atom. The van der Waals surface area contributed by atoms with Crippen molar-refractivity contribution in [3.05, 3.63) is 0 Å². The van der Waals surface area contributed by atoms with Gasteiger partial charge in [0.15, 0.2) is 0 Å². The van der Waals surface area contributed by atoms with Crippen LogP contribution in [0.4, 0.5) is 0 Å². The molecule has 0 aliphatic heterocycles. The Labute approximate surface area is 174 Å². The van der Waals surface area contributed by atoms with Crippen LogP contribution in [0, 0.1) is 11.8 Å². The predicted octanol–water partition coefficient (Wildman–Crippen LogP) is -1.43. The summed E-state index contributed by atoms with van der Waals surface area (Å²) < 4.78 is 0. The molecule has 0 spiro atoms. The highest BCUT2D eigenvalue weighted by atomic mass is 32.1. The Kier molecular flexibility index (Phi) is 11.3. The van der Waals surface area contributed by atoms with Crippen molar-refractivity contribution in [2.24, 2.45) is 17.6 Å². The van der Waals surface area contributed by atoms with Gasteiger partial charge in [0.05, 0.1) is 12.5 Å². The highest BCUT2D eigenvalue weighted by Gasteiger charge is 2.33. The Hall–Kier alpha value is -2.34. The third kappa shape index (κ3) is 9.13. The Balaban J connectivity index is 5.43. The van der Waals surface area contributed by atoms with Gasteiger partial charge in [0, 0.05) is 5.75 Å². The zero-order chi connectivity index (χ0) is 22.9. The quantitative estimate of drug-likeness (QED) is 0.182. The first-order chi connectivity index (χ1) is 13.3. The van der Waals surface area contributed by atoms with E-state index >= 15 is 0 Å². The van der Waals surface area contributed by atoms with E-state index in [4.69, 9.17) is 10.8 Å². The molecule has 3 amide bonds. The van der Waals surface area contributed by atoms with E-state index in [1.165, 1.54) is 0 Å². The Bertz CT molecular complexity index is 627. The van der Waals surface area contributed by atoms with Crippen molar-refractivity contribution in [2.75, 3.05) is 5.75 Å². The molecule has 0 aliphatic carbocycles. The van der Waals surface area contributed by atoms with Gasteiger partial charge in [-0.1, -0.05) is 27.7 Å². The first kappa shape index (κ1) is 26.7. The van der Waals surface area contributed by atoms with Crippen molar-refractivity contribution in [1.82, 2.24) is 16.0 Å². The first-order valence-corrected chi connectivity index (χ1v) is 9.67. The van der Waals surface area contributed by atoms with Gasteiger partial charge in [-0.15, -0.1) is 0 Å². The van der Waals surface area contributed by atoms with Gasteiger partial charge in [0.2, 0.25) is 17.7 Å². The summed E-state index contributed by atoms with van der Waals surface area (Å²) in [6, 6.07) is -4.83. The second-order valence-electron chi connectivity index (χ2n) is 7.25. The normalized spacial score (nSPS) is 15.2. The van der Waals surface area contributed by atoms with E-state index in [1.54, 1.807) is 27.7 Å². The molecule has 166 valence electrons. The molecule has 29 heavy (non-hydrogen) atoms. The fraction of sp³-hybridized carbons (Fsp3) is 0.706. The molecule has 0 radical (unpaired) electrons. The number of thiol groups is 1. The minimum absolute atomic E-state index is 0.0497. The van der Waals surface area contributed by atoms with Gasteiger partial charge in [0.25, 0.3) is 0 Å². The maximum atomic E-state index is 12.6. The maximum Gasteiger partial charge on any atom is 0.326 e. The molecular weight excluding hydrogens is 404 g/mol. The first-order valence-electron chi connectivity index (χ1n) is 9.03. The number of rotatable bonds is 12. The summed E-state index contributed by atoms with van der Waals surface area (Å²) in [5.41, 5.74) is 5.57. The molecule has 12 heteroatoms. The molecule has 0 aromatic carbocycles. The van der Waals surface area contributed by atoms with Crippen LogP contribution in [0.2, 0.25) is 0 Å². The number of nitrogens with one attached hydrogen (secondary N) is 3. The second kappa shape index (κ2) is 12.3. The summed E-state index contributed by atoms with van der Waals surface area (Å²) in [6.07, 6.45) is -0.767. The summed E-state index contributed by atoms with van der Waals surface area (Å²) >= 11 is 3.91. The number of carbonyl (C=O) groups excluding carboxylic acids is 3. The van der Waals surface area contributed by atoms with Gasteiger partial charge in [-0.2, -0.15) is 12.6 Å². The number of hydrogen-bond acceptors (Lipinski definition) is 7. The highest BCUT2D eigenvalue weighted by molar-refractivity contribution is 7.80. The lowest BCUT2D eigenvalue weighted by Gasteiger charge is -2.26. The number of hydrogen-bond donors (Lipinski definition) is 7. The second-order valence-corrected chi connectivity index (χ2v) is 7.61. The SMILES string of the molecule is CC(C)C(NC(=O)C(CC(=O)O)NC(=O)C(NC(=O)C(N)CS)C(C)C)C(=O)O. The zero-order valence-electron chi connectivity index (χ0n) is 16.8. The number of aliphatic carboxylic acids is 2. The highest BCUT2D eigenvalue weighted by Crippen LogP contribution is 2.06. The van der Waals surface area contributed by atoms with Gasteiger partial charge in [-0.3, -0.25) is 19.2 Å². The van der Waals surface area contributed by atoms with E-state index in [0.29, 0.717) is 0 Å². The van der Waals surface area contributed by atoms with Crippen LogP contribution in [0.25, 0.3) is 0 Å². The number of carbonyl (C=O) groups is 5. The summed E-state index contributed by atoms with van der Waals surface area (Å²) in [6.45, 7) is 6.42. The molecular formula is C17H30N4O7S. The smallest absolute Gasteiger partial charge is 0.326 e. The van der Waals surface area contributed by atoms with Gasteiger partial charge >= 0.3 is 11.9 Å². The van der Waals surface area contributed by atoms with E-state index in [1.807, 2.05) is 0 Å². The van der Waals surface area contributed by atoms with Crippen molar-refractivity contribution in [1.29, 1.82) is 0 Å². The molecule has 0 aliphatic rings. The Morgan fingerprint density at radius 1 is 0.828 bits per heavy atom. The molecule has 0 saturated heterocycles. The minimum atomic E-state index is -1.53. The van der Waals surface area contributed by atoms with E-state index in [2.05, 4.69) is 28.6 Å². The number of carboxylic acids is 2. The van der Waals surface area contributed by atoms with Crippen LogP contribution >= 0.6 is 12.6 Å². The predicted molar refractivity (Wildman–Crippen MR) is 107 cm³/mol. The summed E-state index contributed by atoms with van der Waals surface area (Å²) in [5, 5.41) is 25.2. The third-order valence-corrected chi connectivity index (χ3v) is 4.42. The average molecular weight is 435 g/mol. The standard InChI is InChI=1S/C17H30N4O7S/c1-7(2)12(20-14(24)9(18)6-29)16(26)19-10(5-11(22)23)15(25)21-13(8(3)4)17(27)28/h7-10,12-13,29H,5-6,18H2,1-4H3,(H,19,26)(H,20,24)(H,21,25)(H,22,23)(H,27,28). The van der Waals surface area contributed by atoms with E-state index in [0.717, 1.165) is 0 Å². The molecule has 0 bridgehead atoms. The van der Waals surface area contributed by atoms with Gasteiger partial charge in [-0.25, -0.2) is 4.79 Å². The molecule has 11 nitrogen and oxygen atoms in total. The van der Waals surface area contributed by atoms with Crippen LogP contribution in [0.3, 0.4) is 0 Å². The van der Waals surface area contributed by atoms with E-state index in [9.17, 15) is 29.1 Å². The number of amides is 3. The van der Waals surface area contributed by atoms with Crippen molar-refractivity contribution < 1.29 is 34.2 Å². The van der Waals surface area contributed by atoms with E-state index < -0.39 is 72.1 Å². The molecule has 0 rings (SSSR count). The number of carboxylic acid groups (broad SMARTS) is 2. The van der Waals surface area contributed by atoms with Crippen molar-refractivity contribution in [2.45, 2.75) is 58.3 Å². The summed E-state index contributed by atoms with van der Waals surface area (Å²) in [7, 11) is 0. The molecule has 7 N–H and O–H groups in total. The number of nitrogens with two attached hydrogens (primary N) is 1. The molecule has 0 aromatic rings. The van der Waals surface area contributed by atoms with Crippen LogP contribution in [-0.2, 0) is 24.0 Å². The fourth-order valence-electron chi connectivity index (χ4n) is 2.29. The van der Waals surface area contributed by atoms with Crippen molar-refractivity contribution in [3.8, 4) is 0 Å². The lowest BCUT2D eigenvalue weighted by molar-refractivity contribution is -0.144. The average Bonchev–Trinajstić information content (AvgIpc) is 2.60. The summed E-state index contributed by atoms with van der Waals surface area (Å²) in [5.74, 6) is -5.86. The van der Waals surface area contributed by atoms with Crippen molar-refractivity contribution >= 4 is 42.3 Å². The van der Waals surface area contributed by atoms with Gasteiger partial charge < -0.3 is 31.9 Å². The molecule has 4 unspecified atom stereocenters.